The number of rotatable bonds is 31. The first-order chi connectivity index (χ1) is 49.3. The highest BCUT2D eigenvalue weighted by Gasteiger charge is 2.66. The molecule has 0 spiro atoms. The summed E-state index contributed by atoms with van der Waals surface area (Å²) < 4.78 is 45.0. The number of para-hydroxylation sites is 1. The molecule has 4 bridgehead atoms. The number of thiazole rings is 1. The number of hydrogen-bond donors (Lipinski definition) is 5. The Morgan fingerprint density at radius 1 is 0.712 bits per heavy atom. The van der Waals surface area contributed by atoms with Crippen molar-refractivity contribution >= 4 is 74.3 Å². The van der Waals surface area contributed by atoms with Crippen LogP contribution in [0.2, 0.25) is 0 Å². The summed E-state index contributed by atoms with van der Waals surface area (Å²) in [5.41, 5.74) is 5.53. The van der Waals surface area contributed by atoms with Crippen molar-refractivity contribution < 1.29 is 82.0 Å². The number of nitrogens with one attached hydrogen (secondary N) is 2. The molecule has 6 aromatic rings. The first-order valence-corrected chi connectivity index (χ1v) is 36.8. The van der Waals surface area contributed by atoms with Crippen LogP contribution in [0.4, 0.5) is 15.7 Å². The molecule has 12 rings (SSSR count). The number of ether oxygens (including phenoxy) is 7. The molecule has 104 heavy (non-hydrogen) atoms. The van der Waals surface area contributed by atoms with Crippen LogP contribution in [0.25, 0.3) is 21.3 Å². The van der Waals surface area contributed by atoms with Crippen LogP contribution < -0.4 is 15.5 Å². The predicted octanol–water partition coefficient (Wildman–Crippen LogP) is 11.6. The van der Waals surface area contributed by atoms with Gasteiger partial charge in [-0.25, -0.2) is 24.4 Å². The normalized spacial score (nSPS) is 24.3. The zero-order valence-electron chi connectivity index (χ0n) is 61.4. The van der Waals surface area contributed by atoms with E-state index in [2.05, 4.69) is 56.9 Å². The number of carboxylic acids is 3. The standard InChI is InChI=1S/C78H100N8O17S/c1-48-57(52-22-23-62(82-66(52)69(94)102-73(2,3)4)85-26-24-51-14-13-15-53(58(51)40-85)68(93)83-71-81-59-16-11-12-17-61(59)104-71)38-80-86(48)47-77-42-75(8)41-76(9,43-77)45-78(44-75,46-77)100-31-28-84(27-30-99-33-32-98-29-25-79-72(96)103-74(5,6)7)39-50-20-18-49(19-21-50)34-60-55(36-64(89)90)54(35-63(87)88)56(37-65(91)92)67(101-60)70(95)97-10/h11-23,38,54-56,60,67H,24-37,39-47H2,1-10H3,(H,79,96)(H,87,88)(H,89,90)(H,91,92)(H,81,83,93)/t54-,55+,56+,60?,67+,75?,76?,77?,78?/m0/s1. The second-order valence-electron chi connectivity index (χ2n) is 32.0. The van der Waals surface area contributed by atoms with E-state index >= 15 is 0 Å². The molecule has 4 saturated carbocycles. The molecule has 5 N–H and O–H groups in total. The van der Waals surface area contributed by atoms with Crippen molar-refractivity contribution in [3.05, 3.63) is 124 Å². The summed E-state index contributed by atoms with van der Waals surface area (Å²) in [6, 6.07) is 25.2. The topological polar surface area (TPSA) is 319 Å². The smallest absolute Gasteiger partial charge is 0.407 e. The molecule has 3 unspecified atom stereocenters. The molecule has 5 fully saturated rings. The summed E-state index contributed by atoms with van der Waals surface area (Å²) in [6.07, 6.45) is 3.85. The van der Waals surface area contributed by atoms with Gasteiger partial charge in [0.1, 0.15) is 17.0 Å². The van der Waals surface area contributed by atoms with Crippen molar-refractivity contribution in [2.45, 2.75) is 182 Å². The molecule has 1 saturated heterocycles. The molecule has 560 valence electrons. The van der Waals surface area contributed by atoms with Gasteiger partial charge in [-0.1, -0.05) is 73.7 Å². The van der Waals surface area contributed by atoms with Crippen molar-refractivity contribution in [2.24, 2.45) is 34.0 Å². The molecule has 3 aromatic carbocycles. The Morgan fingerprint density at radius 2 is 1.38 bits per heavy atom. The Kier molecular flexibility index (Phi) is 23.4. The van der Waals surface area contributed by atoms with E-state index in [4.69, 9.17) is 43.2 Å². The van der Waals surface area contributed by atoms with E-state index in [1.807, 2.05) is 99.8 Å². The summed E-state index contributed by atoms with van der Waals surface area (Å²) in [4.78, 5) is 105. The quantitative estimate of drug-likeness (QED) is 0.0153. The van der Waals surface area contributed by atoms with E-state index in [9.17, 15) is 48.9 Å². The minimum absolute atomic E-state index is 0.00395. The van der Waals surface area contributed by atoms with Crippen molar-refractivity contribution in [3.8, 4) is 11.1 Å². The molecular formula is C78H100N8O17S. The fraction of sp³-hybridized carbons (Fsp3) is 0.564. The van der Waals surface area contributed by atoms with Crippen LogP contribution in [-0.2, 0) is 84.8 Å². The zero-order chi connectivity index (χ0) is 74.5. The highest BCUT2D eigenvalue weighted by Crippen LogP contribution is 2.72. The maximum Gasteiger partial charge on any atom is 0.407 e. The van der Waals surface area contributed by atoms with Gasteiger partial charge in [0.15, 0.2) is 16.9 Å². The number of carbonyl (C=O) groups is 7. The van der Waals surface area contributed by atoms with E-state index in [0.29, 0.717) is 94.2 Å². The molecule has 0 radical (unpaired) electrons. The summed E-state index contributed by atoms with van der Waals surface area (Å²) >= 11 is 1.43. The minimum atomic E-state index is -1.43. The van der Waals surface area contributed by atoms with E-state index in [1.165, 1.54) is 11.3 Å². The van der Waals surface area contributed by atoms with Gasteiger partial charge in [-0.15, -0.1) is 0 Å². The number of benzene rings is 3. The van der Waals surface area contributed by atoms with Gasteiger partial charge in [0.2, 0.25) is 0 Å². The Balaban J connectivity index is 0.787. The van der Waals surface area contributed by atoms with E-state index in [-0.39, 0.29) is 47.4 Å². The second kappa shape index (κ2) is 31.7. The van der Waals surface area contributed by atoms with E-state index in [1.54, 1.807) is 20.8 Å². The van der Waals surface area contributed by atoms with E-state index < -0.39 is 102 Å². The lowest BCUT2D eigenvalue weighted by Crippen LogP contribution is -2.64. The van der Waals surface area contributed by atoms with E-state index in [0.717, 1.165) is 89.4 Å². The van der Waals surface area contributed by atoms with Crippen LogP contribution in [0, 0.1) is 40.9 Å². The lowest BCUT2D eigenvalue weighted by atomic mass is 9.39. The number of carbonyl (C=O) groups excluding carboxylic acids is 4. The number of amides is 2. The van der Waals surface area contributed by atoms with Crippen LogP contribution in [0.15, 0.2) is 85.1 Å². The van der Waals surface area contributed by atoms with Gasteiger partial charge >= 0.3 is 35.9 Å². The number of aromatic nitrogens is 4. The number of fused-ring (bicyclic) bond motifs is 2. The van der Waals surface area contributed by atoms with Crippen LogP contribution >= 0.6 is 11.3 Å². The fourth-order valence-electron chi connectivity index (χ4n) is 17.9. The van der Waals surface area contributed by atoms with Crippen molar-refractivity contribution in [2.75, 3.05) is 76.5 Å². The number of pyridine rings is 1. The lowest BCUT2D eigenvalue weighted by molar-refractivity contribution is -0.249. The molecule has 26 heteroatoms. The number of aliphatic carboxylic acids is 3. The molecule has 4 aliphatic carbocycles. The molecule has 6 aliphatic rings. The molecule has 2 amide bonds. The van der Waals surface area contributed by atoms with Gasteiger partial charge < -0.3 is 58.7 Å². The minimum Gasteiger partial charge on any atom is -0.481 e. The maximum absolute atomic E-state index is 14.5. The van der Waals surface area contributed by atoms with Crippen molar-refractivity contribution in [1.82, 2.24) is 30.0 Å². The molecular weight excluding hydrogens is 1350 g/mol. The van der Waals surface area contributed by atoms with Gasteiger partial charge in [0, 0.05) is 80.5 Å². The van der Waals surface area contributed by atoms with Gasteiger partial charge in [0.25, 0.3) is 5.91 Å². The van der Waals surface area contributed by atoms with Crippen LogP contribution in [-0.4, -0.2) is 177 Å². The number of alkyl carbamates (subject to hydrolysis) is 1. The zero-order valence-corrected chi connectivity index (χ0v) is 62.2. The molecule has 2 aliphatic heterocycles. The van der Waals surface area contributed by atoms with Crippen LogP contribution in [0.3, 0.4) is 0 Å². The number of carboxylic acid groups (broad SMARTS) is 3. The number of hydrogen-bond acceptors (Lipinski definition) is 20. The summed E-state index contributed by atoms with van der Waals surface area (Å²) in [7, 11) is 1.13. The van der Waals surface area contributed by atoms with Gasteiger partial charge in [-0.3, -0.25) is 34.1 Å². The Bertz CT molecular complexity index is 4070. The predicted molar refractivity (Wildman–Crippen MR) is 388 cm³/mol. The molecule has 7 atom stereocenters. The third kappa shape index (κ3) is 19.0. The Morgan fingerprint density at radius 3 is 2.06 bits per heavy atom. The molecule has 5 heterocycles. The lowest BCUT2D eigenvalue weighted by Gasteiger charge is -2.69. The third-order valence-electron chi connectivity index (χ3n) is 20.8. The molecule has 3 aromatic heterocycles. The highest BCUT2D eigenvalue weighted by atomic mass is 32.1. The summed E-state index contributed by atoms with van der Waals surface area (Å²) in [5.74, 6) is -7.91. The van der Waals surface area contributed by atoms with Gasteiger partial charge in [-0.2, -0.15) is 5.10 Å². The second-order valence-corrected chi connectivity index (χ2v) is 33.0. The van der Waals surface area contributed by atoms with Crippen molar-refractivity contribution in [1.29, 1.82) is 0 Å². The van der Waals surface area contributed by atoms with Crippen LogP contribution in [0.5, 0.6) is 0 Å². The number of anilines is 2. The summed E-state index contributed by atoms with van der Waals surface area (Å²) in [5, 5.41) is 41.3. The maximum atomic E-state index is 14.5. The molecule has 25 nitrogen and oxygen atoms in total. The number of methoxy groups -OCH3 is 1. The summed E-state index contributed by atoms with van der Waals surface area (Å²) in [6.45, 7) is 23.1. The number of nitrogens with zero attached hydrogens (tertiary/aromatic N) is 6. The van der Waals surface area contributed by atoms with Gasteiger partial charge in [-0.05, 0) is 180 Å². The van der Waals surface area contributed by atoms with Crippen LogP contribution in [0.1, 0.15) is 162 Å². The third-order valence-corrected chi connectivity index (χ3v) is 21.8. The Hall–Kier alpha value is -8.40. The largest absolute Gasteiger partial charge is 0.481 e. The average molecular weight is 1450 g/mol. The van der Waals surface area contributed by atoms with Crippen molar-refractivity contribution in [3.63, 3.8) is 0 Å². The monoisotopic (exact) mass is 1450 g/mol. The number of esters is 2. The first kappa shape index (κ1) is 76.7. The Labute approximate surface area is 611 Å². The first-order valence-electron chi connectivity index (χ1n) is 36.0. The fourth-order valence-corrected chi connectivity index (χ4v) is 18.8. The average Bonchev–Trinajstić information content (AvgIpc) is 0.756. The SMILES string of the molecule is COC(=O)[C@@H]1OC(Cc2ccc(CN(CCOCCOCCNC(=O)OC(C)(C)C)CCOC34CC5(C)CC(C)(CC(Cn6ncc(-c7ccc(N8CCc9cccc(C(=O)Nc%10nc%11ccccc%11s%10)c9C8)nc7C(=O)OC(C)(C)C)c6C)(C5)C3)C4)cc2)[C@H](CC(=O)O)[C@H](CC(=O)O)[C@H]1CC(=O)O. The van der Waals surface area contributed by atoms with Gasteiger partial charge in [0.05, 0.1) is 81.1 Å². The highest BCUT2D eigenvalue weighted by molar-refractivity contribution is 7.22.